The molecule has 2 heterocycles. The van der Waals surface area contributed by atoms with Gasteiger partial charge in [-0.2, -0.15) is 8.42 Å². The van der Waals surface area contributed by atoms with Gasteiger partial charge in [0, 0.05) is 25.6 Å². The normalized spacial score (nSPS) is 28.8. The SMILES string of the molecule is CC(C)[C@H](Cl)[C@H](NC(=O)[C@@H](O)Cc1ccccc1)C(=O)N1[C@H](C(=O)NCCCCN=C(N)N)C[C@@H]2CC[C@@H](O[C@H]3OC[C@@H](OS(=O)(=O)O)[C@H](O)[C@H]3O)C[C@@H]21. The molecule has 3 fully saturated rings. The van der Waals surface area contributed by atoms with Crippen molar-refractivity contribution in [2.75, 3.05) is 19.7 Å². The van der Waals surface area contributed by atoms with Crippen LogP contribution in [0.5, 0.6) is 0 Å². The molecule has 2 aliphatic heterocycles. The molecule has 0 radical (unpaired) electrons. The Hall–Kier alpha value is -3.14. The summed E-state index contributed by atoms with van der Waals surface area (Å²) in [5.41, 5.74) is 11.5. The highest BCUT2D eigenvalue weighted by Crippen LogP contribution is 2.42. The smallest absolute Gasteiger partial charge is 0.387 e. The van der Waals surface area contributed by atoms with Gasteiger partial charge in [-0.05, 0) is 55.9 Å². The number of nitrogens with zero attached hydrogens (tertiary/aromatic N) is 2. The lowest BCUT2D eigenvalue weighted by Gasteiger charge is -2.42. The van der Waals surface area contributed by atoms with Gasteiger partial charge in [0.15, 0.2) is 12.2 Å². The minimum absolute atomic E-state index is 0.00364. The van der Waals surface area contributed by atoms with E-state index in [4.69, 9.17) is 37.1 Å². The Morgan fingerprint density at radius 3 is 2.44 bits per heavy atom. The summed E-state index contributed by atoms with van der Waals surface area (Å²) in [5, 5.41) is 36.6. The van der Waals surface area contributed by atoms with Crippen molar-refractivity contribution in [1.82, 2.24) is 15.5 Å². The molecule has 0 bridgehead atoms. The van der Waals surface area contributed by atoms with E-state index in [1.807, 2.05) is 0 Å². The van der Waals surface area contributed by atoms with Crippen molar-refractivity contribution < 1.29 is 56.3 Å². The van der Waals surface area contributed by atoms with Crippen molar-refractivity contribution in [3.05, 3.63) is 35.9 Å². The summed E-state index contributed by atoms with van der Waals surface area (Å²) < 4.78 is 47.3. The summed E-state index contributed by atoms with van der Waals surface area (Å²) in [6.45, 7) is 3.71. The molecular formula is C34H53ClN6O12S. The zero-order valence-corrected chi connectivity index (χ0v) is 31.8. The molecule has 3 aliphatic rings. The van der Waals surface area contributed by atoms with Gasteiger partial charge in [0.05, 0.1) is 18.1 Å². The maximum absolute atomic E-state index is 14.7. The molecular weight excluding hydrogens is 752 g/mol. The number of alkyl halides is 1. The van der Waals surface area contributed by atoms with Gasteiger partial charge >= 0.3 is 10.4 Å². The largest absolute Gasteiger partial charge is 0.397 e. The first-order chi connectivity index (χ1) is 25.5. The van der Waals surface area contributed by atoms with Crippen LogP contribution in [0.4, 0.5) is 0 Å². The Morgan fingerprint density at radius 1 is 1.09 bits per heavy atom. The molecule has 18 nitrogen and oxygen atoms in total. The molecule has 10 N–H and O–H groups in total. The highest BCUT2D eigenvalue weighted by Gasteiger charge is 2.52. The van der Waals surface area contributed by atoms with Crippen molar-refractivity contribution in [1.29, 1.82) is 0 Å². The fraction of sp³-hybridized carbons (Fsp3) is 0.706. The summed E-state index contributed by atoms with van der Waals surface area (Å²) in [7, 11) is -4.95. The van der Waals surface area contributed by atoms with E-state index < -0.39 is 95.0 Å². The first-order valence-electron chi connectivity index (χ1n) is 18.1. The molecule has 1 aromatic rings. The maximum Gasteiger partial charge on any atom is 0.397 e. The second kappa shape index (κ2) is 19.6. The minimum Gasteiger partial charge on any atom is -0.387 e. The number of ether oxygens (including phenoxy) is 2. The standard InChI is InChI=1S/C34H53ClN6O12S/c1-18(2)26(35)27(40-31(46)24(42)14-19-8-4-3-5-9-19)32(47)41-22-16-21(52-33-29(44)28(43)25(17-51-33)53-54(48,49)50)11-10-20(22)15-23(41)30(45)38-12-6-7-13-39-34(36)37/h3-5,8-9,18,20-29,33,42-44H,6-7,10-17H2,1-2H3,(H,38,45)(H,40,46)(H4,36,37,39)(H,48,49,50)/t20-,21+,22-,23-,24-,25+,26-,27-,28-,29+,33+/m0/s1. The number of nitrogens with one attached hydrogen (secondary N) is 2. The second-order valence-corrected chi connectivity index (χ2v) is 15.9. The zero-order chi connectivity index (χ0) is 39.7. The fourth-order valence-corrected chi connectivity index (χ4v) is 7.84. The van der Waals surface area contributed by atoms with E-state index in [0.29, 0.717) is 44.2 Å². The highest BCUT2D eigenvalue weighted by atomic mass is 35.5. The molecule has 54 heavy (non-hydrogen) atoms. The van der Waals surface area contributed by atoms with Crippen LogP contribution in [0.1, 0.15) is 57.9 Å². The lowest BCUT2D eigenvalue weighted by Crippen LogP contribution is -2.61. The third-order valence-corrected chi connectivity index (χ3v) is 11.2. The van der Waals surface area contributed by atoms with E-state index in [1.165, 1.54) is 4.90 Å². The van der Waals surface area contributed by atoms with Crippen LogP contribution in [0, 0.1) is 11.8 Å². The Labute approximate surface area is 319 Å². The van der Waals surface area contributed by atoms with Crippen LogP contribution in [0.15, 0.2) is 35.3 Å². The van der Waals surface area contributed by atoms with Crippen LogP contribution in [0.2, 0.25) is 0 Å². The lowest BCUT2D eigenvalue weighted by molar-refractivity contribution is -0.282. The number of halogens is 1. The van der Waals surface area contributed by atoms with Crippen LogP contribution in [-0.2, 0) is 44.9 Å². The second-order valence-electron chi connectivity index (χ2n) is 14.3. The highest BCUT2D eigenvalue weighted by molar-refractivity contribution is 7.80. The molecule has 11 atom stereocenters. The van der Waals surface area contributed by atoms with Gasteiger partial charge in [-0.25, -0.2) is 4.18 Å². The Balaban J connectivity index is 1.54. The molecule has 0 aromatic heterocycles. The number of aliphatic hydroxyl groups excluding tert-OH is 3. The number of likely N-dealkylation sites (tertiary alicyclic amines) is 1. The number of aliphatic hydroxyl groups is 3. The maximum atomic E-state index is 14.7. The predicted octanol–water partition coefficient (Wildman–Crippen LogP) is -1.07. The van der Waals surface area contributed by atoms with Gasteiger partial charge in [-0.15, -0.1) is 11.6 Å². The summed E-state index contributed by atoms with van der Waals surface area (Å²) in [5.74, 6) is -2.32. The van der Waals surface area contributed by atoms with Crippen molar-refractivity contribution in [2.45, 2.75) is 119 Å². The van der Waals surface area contributed by atoms with Crippen molar-refractivity contribution >= 4 is 45.7 Å². The van der Waals surface area contributed by atoms with Crippen LogP contribution in [0.3, 0.4) is 0 Å². The number of rotatable bonds is 17. The number of unbranched alkanes of at least 4 members (excludes halogenated alkanes) is 1. The number of nitrogens with two attached hydrogens (primary N) is 2. The van der Waals surface area contributed by atoms with Crippen molar-refractivity contribution in [3.63, 3.8) is 0 Å². The lowest BCUT2D eigenvalue weighted by atomic mass is 9.82. The van der Waals surface area contributed by atoms with Crippen molar-refractivity contribution in [2.24, 2.45) is 28.3 Å². The topological polar surface area (TPSA) is 286 Å². The monoisotopic (exact) mass is 804 g/mol. The van der Waals surface area contributed by atoms with Crippen molar-refractivity contribution in [3.8, 4) is 0 Å². The third kappa shape index (κ3) is 11.9. The first-order valence-corrected chi connectivity index (χ1v) is 19.9. The van der Waals surface area contributed by atoms with E-state index in [2.05, 4.69) is 19.8 Å². The number of amides is 3. The quantitative estimate of drug-likeness (QED) is 0.0306. The van der Waals surface area contributed by atoms with Crippen LogP contribution in [-0.4, -0.2) is 137 Å². The number of guanidine groups is 1. The Morgan fingerprint density at radius 2 is 1.80 bits per heavy atom. The molecule has 2 saturated heterocycles. The number of benzene rings is 1. The molecule has 1 aromatic carbocycles. The molecule has 1 aliphatic carbocycles. The number of carbonyl (C=O) groups excluding carboxylic acids is 3. The number of fused-ring (bicyclic) bond motifs is 1. The van der Waals surface area contributed by atoms with Gasteiger partial charge in [-0.3, -0.25) is 23.9 Å². The molecule has 0 unspecified atom stereocenters. The van der Waals surface area contributed by atoms with Crippen LogP contribution in [0.25, 0.3) is 0 Å². The van der Waals surface area contributed by atoms with Gasteiger partial charge in [0.2, 0.25) is 17.7 Å². The summed E-state index contributed by atoms with van der Waals surface area (Å²) >= 11 is 6.83. The molecule has 0 spiro atoms. The average molecular weight is 805 g/mol. The number of aliphatic imine (C=N–C) groups is 1. The molecule has 1 saturated carbocycles. The predicted molar refractivity (Wildman–Crippen MR) is 195 cm³/mol. The number of hydrogen-bond acceptors (Lipinski definition) is 12. The first kappa shape index (κ1) is 43.6. The van der Waals surface area contributed by atoms with E-state index in [-0.39, 0.29) is 37.2 Å². The van der Waals surface area contributed by atoms with Gasteiger partial charge in [0.25, 0.3) is 0 Å². The number of carbonyl (C=O) groups is 3. The van der Waals surface area contributed by atoms with Gasteiger partial charge < -0.3 is 51.8 Å². The Kier molecular flexibility index (Phi) is 15.8. The molecule has 4 rings (SSSR count). The zero-order valence-electron chi connectivity index (χ0n) is 30.3. The van der Waals surface area contributed by atoms with E-state index in [9.17, 15) is 38.1 Å². The van der Waals surface area contributed by atoms with E-state index in [0.717, 1.165) is 0 Å². The van der Waals surface area contributed by atoms with Gasteiger partial charge in [0.1, 0.15) is 36.5 Å². The average Bonchev–Trinajstić information content (AvgIpc) is 3.50. The van der Waals surface area contributed by atoms with Crippen LogP contribution >= 0.6 is 11.6 Å². The van der Waals surface area contributed by atoms with Gasteiger partial charge in [-0.1, -0.05) is 44.2 Å². The van der Waals surface area contributed by atoms with Crippen LogP contribution < -0.4 is 22.1 Å². The summed E-state index contributed by atoms with van der Waals surface area (Å²) in [4.78, 5) is 47.3. The molecule has 20 heteroatoms. The molecule has 304 valence electrons. The minimum atomic E-state index is -4.95. The molecule has 3 amide bonds. The number of hydrogen-bond donors (Lipinski definition) is 8. The summed E-state index contributed by atoms with van der Waals surface area (Å²) in [6, 6.07) is 6.04. The van der Waals surface area contributed by atoms with E-state index in [1.54, 1.807) is 44.2 Å². The van der Waals surface area contributed by atoms with E-state index >= 15 is 0 Å². The third-order valence-electron chi connectivity index (χ3n) is 9.96. The fourth-order valence-electron chi connectivity index (χ4n) is 7.19. The summed E-state index contributed by atoms with van der Waals surface area (Å²) in [6.07, 6.45) is -6.07. The Bertz CT molecular complexity index is 1550.